The van der Waals surface area contributed by atoms with Crippen molar-refractivity contribution in [3.05, 3.63) is 47.0 Å². The third-order valence-corrected chi connectivity index (χ3v) is 6.18. The van der Waals surface area contributed by atoms with Crippen LogP contribution in [0.3, 0.4) is 0 Å². The summed E-state index contributed by atoms with van der Waals surface area (Å²) in [5.41, 5.74) is 0.993. The maximum Gasteiger partial charge on any atom is 0.407 e. The van der Waals surface area contributed by atoms with Crippen molar-refractivity contribution in [2.75, 3.05) is 18.4 Å². The number of anilines is 1. The summed E-state index contributed by atoms with van der Waals surface area (Å²) in [5.74, 6) is -0.389. The van der Waals surface area contributed by atoms with Gasteiger partial charge in [-0.25, -0.2) is 19.2 Å². The van der Waals surface area contributed by atoms with Gasteiger partial charge in [0.1, 0.15) is 11.4 Å². The van der Waals surface area contributed by atoms with E-state index in [0.29, 0.717) is 41.0 Å². The first-order valence-corrected chi connectivity index (χ1v) is 11.9. The van der Waals surface area contributed by atoms with Gasteiger partial charge in [-0.2, -0.15) is 0 Å². The SMILES string of the molecule is C[C@H](Nc1nc(C(=O)N2CC[C@H](NC(=O)OC(C)(C)C)C2)c2sccc2n1)c1cncc(F)c1. The lowest BCUT2D eigenvalue weighted by atomic mass is 10.1. The molecule has 1 saturated heterocycles. The summed E-state index contributed by atoms with van der Waals surface area (Å²) in [6.07, 6.45) is 2.83. The number of nitrogens with zero attached hydrogens (tertiary/aromatic N) is 4. The monoisotopic (exact) mass is 486 g/mol. The Morgan fingerprint density at radius 3 is 2.82 bits per heavy atom. The van der Waals surface area contributed by atoms with Crippen LogP contribution in [0, 0.1) is 5.82 Å². The molecule has 2 N–H and O–H groups in total. The minimum atomic E-state index is -0.591. The highest BCUT2D eigenvalue weighted by Crippen LogP contribution is 2.27. The van der Waals surface area contributed by atoms with Crippen LogP contribution in [0.1, 0.15) is 56.2 Å². The van der Waals surface area contributed by atoms with Crippen molar-refractivity contribution in [1.82, 2.24) is 25.2 Å². The van der Waals surface area contributed by atoms with Crippen molar-refractivity contribution in [3.63, 3.8) is 0 Å². The van der Waals surface area contributed by atoms with E-state index in [1.165, 1.54) is 17.4 Å². The van der Waals surface area contributed by atoms with Crippen LogP contribution in [0.4, 0.5) is 15.1 Å². The van der Waals surface area contributed by atoms with E-state index in [9.17, 15) is 14.0 Å². The average Bonchev–Trinajstić information content (AvgIpc) is 3.40. The van der Waals surface area contributed by atoms with Crippen LogP contribution in [0.25, 0.3) is 10.2 Å². The van der Waals surface area contributed by atoms with E-state index in [0.717, 1.165) is 6.20 Å². The Bertz CT molecular complexity index is 1210. The van der Waals surface area contributed by atoms with Gasteiger partial charge < -0.3 is 20.3 Å². The molecule has 0 saturated carbocycles. The number of nitrogens with one attached hydrogen (secondary N) is 2. The lowest BCUT2D eigenvalue weighted by Crippen LogP contribution is -2.41. The minimum Gasteiger partial charge on any atom is -0.444 e. The fraction of sp³-hybridized carbons (Fsp3) is 0.435. The molecule has 3 aromatic rings. The predicted molar refractivity (Wildman–Crippen MR) is 127 cm³/mol. The Kier molecular flexibility index (Phi) is 6.65. The summed E-state index contributed by atoms with van der Waals surface area (Å²) in [6.45, 7) is 8.10. The topological polar surface area (TPSA) is 109 Å². The van der Waals surface area contributed by atoms with E-state index in [1.54, 1.807) is 31.9 Å². The fourth-order valence-corrected chi connectivity index (χ4v) is 4.51. The maximum atomic E-state index is 13.6. The van der Waals surface area contributed by atoms with Crippen molar-refractivity contribution >= 4 is 39.5 Å². The van der Waals surface area contributed by atoms with Crippen molar-refractivity contribution in [2.45, 2.75) is 51.8 Å². The lowest BCUT2D eigenvalue weighted by Gasteiger charge is -2.22. The zero-order chi connectivity index (χ0) is 24.5. The van der Waals surface area contributed by atoms with Gasteiger partial charge in [0.25, 0.3) is 5.91 Å². The highest BCUT2D eigenvalue weighted by atomic mass is 32.1. The molecule has 1 fully saturated rings. The van der Waals surface area contributed by atoms with Gasteiger partial charge in [-0.05, 0) is 57.2 Å². The van der Waals surface area contributed by atoms with Crippen LogP contribution in [0.15, 0.2) is 29.9 Å². The molecule has 180 valence electrons. The third-order valence-electron chi connectivity index (χ3n) is 5.27. The molecule has 0 aliphatic carbocycles. The molecule has 0 unspecified atom stereocenters. The second kappa shape index (κ2) is 9.49. The predicted octanol–water partition coefficient (Wildman–Crippen LogP) is 4.14. The molecule has 1 aliphatic rings. The minimum absolute atomic E-state index is 0.197. The first-order valence-electron chi connectivity index (χ1n) is 11.0. The Morgan fingerprint density at radius 1 is 1.29 bits per heavy atom. The second-order valence-electron chi connectivity index (χ2n) is 9.22. The number of rotatable bonds is 5. The highest BCUT2D eigenvalue weighted by Gasteiger charge is 2.31. The lowest BCUT2D eigenvalue weighted by molar-refractivity contribution is 0.0502. The summed E-state index contributed by atoms with van der Waals surface area (Å²) in [4.78, 5) is 40.1. The van der Waals surface area contributed by atoms with Gasteiger partial charge >= 0.3 is 6.09 Å². The summed E-state index contributed by atoms with van der Waals surface area (Å²) < 4.78 is 19.6. The number of aromatic nitrogens is 3. The van der Waals surface area contributed by atoms with Gasteiger partial charge in [0.15, 0.2) is 5.69 Å². The average molecular weight is 487 g/mol. The molecular weight excluding hydrogens is 459 g/mol. The van der Waals surface area contributed by atoms with Crippen molar-refractivity contribution < 1.29 is 18.7 Å². The van der Waals surface area contributed by atoms with Gasteiger partial charge in [-0.1, -0.05) is 0 Å². The Hall–Kier alpha value is -3.34. The molecule has 2 amide bonds. The molecule has 0 radical (unpaired) electrons. The number of amides is 2. The van der Waals surface area contributed by atoms with E-state index in [-0.39, 0.29) is 23.9 Å². The molecule has 3 aromatic heterocycles. The molecule has 0 bridgehead atoms. The number of carbonyl (C=O) groups excluding carboxylic acids is 2. The van der Waals surface area contributed by atoms with Gasteiger partial charge in [-0.15, -0.1) is 11.3 Å². The number of fused-ring (bicyclic) bond motifs is 1. The number of alkyl carbamates (subject to hydrolysis) is 1. The molecule has 0 spiro atoms. The Labute approximate surface area is 200 Å². The largest absolute Gasteiger partial charge is 0.444 e. The highest BCUT2D eigenvalue weighted by molar-refractivity contribution is 7.17. The summed E-state index contributed by atoms with van der Waals surface area (Å²) in [5, 5.41) is 7.83. The van der Waals surface area contributed by atoms with Gasteiger partial charge in [0.2, 0.25) is 5.95 Å². The molecule has 9 nitrogen and oxygen atoms in total. The van der Waals surface area contributed by atoms with E-state index < -0.39 is 17.5 Å². The first kappa shape index (κ1) is 23.8. The molecule has 34 heavy (non-hydrogen) atoms. The zero-order valence-corrected chi connectivity index (χ0v) is 20.3. The van der Waals surface area contributed by atoms with E-state index in [1.807, 2.05) is 18.4 Å². The van der Waals surface area contributed by atoms with Gasteiger partial charge in [-0.3, -0.25) is 9.78 Å². The summed E-state index contributed by atoms with van der Waals surface area (Å²) in [6, 6.07) is 2.70. The van der Waals surface area contributed by atoms with Crippen LogP contribution in [-0.2, 0) is 4.74 Å². The van der Waals surface area contributed by atoms with Crippen LogP contribution >= 0.6 is 11.3 Å². The Morgan fingerprint density at radius 2 is 2.09 bits per heavy atom. The van der Waals surface area contributed by atoms with E-state index >= 15 is 0 Å². The third kappa shape index (κ3) is 5.58. The normalized spacial score (nSPS) is 17.0. The number of pyridine rings is 1. The van der Waals surface area contributed by atoms with Crippen molar-refractivity contribution in [3.8, 4) is 0 Å². The number of thiophene rings is 1. The molecule has 2 atom stereocenters. The zero-order valence-electron chi connectivity index (χ0n) is 19.5. The smallest absolute Gasteiger partial charge is 0.407 e. The molecular formula is C23H27FN6O3S. The molecule has 1 aliphatic heterocycles. The van der Waals surface area contributed by atoms with Crippen molar-refractivity contribution in [1.29, 1.82) is 0 Å². The number of hydrogen-bond donors (Lipinski definition) is 2. The number of hydrogen-bond acceptors (Lipinski definition) is 8. The molecule has 4 heterocycles. The fourth-order valence-electron chi connectivity index (χ4n) is 3.70. The van der Waals surface area contributed by atoms with Crippen molar-refractivity contribution in [2.24, 2.45) is 0 Å². The van der Waals surface area contributed by atoms with Crippen LogP contribution in [-0.4, -0.2) is 56.6 Å². The van der Waals surface area contributed by atoms with E-state index in [4.69, 9.17) is 4.74 Å². The summed E-state index contributed by atoms with van der Waals surface area (Å²) in [7, 11) is 0. The molecule has 11 heteroatoms. The number of ether oxygens (including phenoxy) is 1. The second-order valence-corrected chi connectivity index (χ2v) is 10.1. The van der Waals surface area contributed by atoms with Gasteiger partial charge in [0, 0.05) is 19.3 Å². The standard InChI is InChI=1S/C23H27FN6O3S/c1-13(14-9-15(24)11-25-10-14)26-21-28-17-6-8-34-19(17)18(29-21)20(31)30-7-5-16(12-30)27-22(32)33-23(2,3)4/h6,8-11,13,16H,5,7,12H2,1-4H3,(H,27,32)(H,26,28,29)/t13-,16-/m0/s1. The maximum absolute atomic E-state index is 13.6. The summed E-state index contributed by atoms with van der Waals surface area (Å²) >= 11 is 1.40. The Balaban J connectivity index is 1.50. The van der Waals surface area contributed by atoms with Crippen LogP contribution < -0.4 is 10.6 Å². The van der Waals surface area contributed by atoms with E-state index in [2.05, 4.69) is 25.6 Å². The van der Waals surface area contributed by atoms with Gasteiger partial charge in [0.05, 0.1) is 28.5 Å². The molecule has 0 aromatic carbocycles. The quantitative estimate of drug-likeness (QED) is 0.558. The first-order chi connectivity index (χ1) is 16.1. The number of halogens is 1. The molecule has 4 rings (SSSR count). The number of carbonyl (C=O) groups is 2. The van der Waals surface area contributed by atoms with Crippen LogP contribution in [0.2, 0.25) is 0 Å². The van der Waals surface area contributed by atoms with Crippen LogP contribution in [0.5, 0.6) is 0 Å². The number of likely N-dealkylation sites (tertiary alicyclic amines) is 1.